The van der Waals surface area contributed by atoms with Gasteiger partial charge in [-0.1, -0.05) is 37.3 Å². The van der Waals surface area contributed by atoms with Crippen LogP contribution in [0.3, 0.4) is 0 Å². The highest BCUT2D eigenvalue weighted by molar-refractivity contribution is 5.78. The molecule has 3 aliphatic rings. The SMILES string of the molecule is CC12C[C@@H]3CC[C@@H](OC(=O)C(CO)c4ccccc4)C[C@@H](C1)C32. The maximum absolute atomic E-state index is 12.5. The molecule has 1 N–H and O–H groups in total. The number of ether oxygens (including phenoxy) is 1. The second kappa shape index (κ2) is 5.62. The van der Waals surface area contributed by atoms with Crippen LogP contribution in [0.2, 0.25) is 0 Å². The maximum Gasteiger partial charge on any atom is 0.316 e. The second-order valence-corrected chi connectivity index (χ2v) is 8.13. The van der Waals surface area contributed by atoms with Crippen molar-refractivity contribution in [2.45, 2.75) is 51.0 Å². The highest BCUT2D eigenvalue weighted by Gasteiger charge is 2.62. The van der Waals surface area contributed by atoms with E-state index in [-0.39, 0.29) is 18.7 Å². The van der Waals surface area contributed by atoms with E-state index in [0.717, 1.165) is 36.2 Å². The molecule has 3 heteroatoms. The molecule has 124 valence electrons. The van der Waals surface area contributed by atoms with Crippen molar-refractivity contribution in [3.05, 3.63) is 35.9 Å². The van der Waals surface area contributed by atoms with Gasteiger partial charge >= 0.3 is 5.97 Å². The number of benzene rings is 1. The van der Waals surface area contributed by atoms with E-state index in [1.54, 1.807) is 0 Å². The lowest BCUT2D eigenvalue weighted by Gasteiger charge is -2.66. The van der Waals surface area contributed by atoms with Gasteiger partial charge in [-0.05, 0) is 60.8 Å². The number of rotatable bonds is 4. The molecule has 3 unspecified atom stereocenters. The average Bonchev–Trinajstić information content (AvgIpc) is 2.58. The standard InChI is InChI=1S/C20H26O3/c1-20-10-14-7-8-16(9-15(11-20)18(14)20)23-19(22)17(12-21)13-5-3-2-4-6-13/h2-6,14-18,21H,7-12H2,1H3/t14-,15-,16+,17?,18?,20?/m0/s1. The van der Waals surface area contributed by atoms with Gasteiger partial charge < -0.3 is 9.84 Å². The van der Waals surface area contributed by atoms with Crippen molar-refractivity contribution >= 4 is 5.97 Å². The van der Waals surface area contributed by atoms with Gasteiger partial charge in [-0.25, -0.2) is 0 Å². The Labute approximate surface area is 138 Å². The van der Waals surface area contributed by atoms with E-state index in [1.165, 1.54) is 19.3 Å². The summed E-state index contributed by atoms with van der Waals surface area (Å²) in [6.45, 7) is 2.23. The van der Waals surface area contributed by atoms with Crippen LogP contribution < -0.4 is 0 Å². The maximum atomic E-state index is 12.5. The van der Waals surface area contributed by atoms with Gasteiger partial charge in [-0.2, -0.15) is 0 Å². The number of hydrogen-bond acceptors (Lipinski definition) is 3. The van der Waals surface area contributed by atoms with Gasteiger partial charge in [0.25, 0.3) is 0 Å². The molecule has 1 aromatic carbocycles. The first-order valence-electron chi connectivity index (χ1n) is 8.97. The Morgan fingerprint density at radius 2 is 2.00 bits per heavy atom. The Hall–Kier alpha value is -1.35. The minimum Gasteiger partial charge on any atom is -0.462 e. The highest BCUT2D eigenvalue weighted by Crippen LogP contribution is 2.70. The van der Waals surface area contributed by atoms with E-state index in [4.69, 9.17) is 4.74 Å². The molecule has 3 fully saturated rings. The van der Waals surface area contributed by atoms with Gasteiger partial charge in [-0.15, -0.1) is 0 Å². The van der Waals surface area contributed by atoms with Gasteiger partial charge in [0, 0.05) is 0 Å². The summed E-state index contributed by atoms with van der Waals surface area (Å²) < 4.78 is 5.83. The zero-order valence-corrected chi connectivity index (χ0v) is 13.8. The predicted octanol–water partition coefficient (Wildman–Crippen LogP) is 3.52. The van der Waals surface area contributed by atoms with Gasteiger partial charge in [-0.3, -0.25) is 4.79 Å². The fourth-order valence-electron chi connectivity index (χ4n) is 5.73. The summed E-state index contributed by atoms with van der Waals surface area (Å²) in [5, 5.41) is 9.62. The fourth-order valence-corrected chi connectivity index (χ4v) is 5.73. The Bertz CT molecular complexity index is 584. The summed E-state index contributed by atoms with van der Waals surface area (Å²) in [6, 6.07) is 9.46. The normalized spacial score (nSPS) is 39.2. The molecule has 6 atom stereocenters. The average molecular weight is 314 g/mol. The van der Waals surface area contributed by atoms with Gasteiger partial charge in [0.2, 0.25) is 0 Å². The summed E-state index contributed by atoms with van der Waals surface area (Å²) in [7, 11) is 0. The number of carbonyl (C=O) groups is 1. The van der Waals surface area contributed by atoms with Crippen molar-refractivity contribution < 1.29 is 14.6 Å². The largest absolute Gasteiger partial charge is 0.462 e. The quantitative estimate of drug-likeness (QED) is 0.865. The number of carbonyl (C=O) groups excluding carboxylic acids is 1. The lowest BCUT2D eigenvalue weighted by molar-refractivity contribution is -0.175. The van der Waals surface area contributed by atoms with Crippen molar-refractivity contribution in [2.24, 2.45) is 23.2 Å². The van der Waals surface area contributed by atoms with Crippen LogP contribution >= 0.6 is 0 Å². The van der Waals surface area contributed by atoms with Crippen molar-refractivity contribution in [1.82, 2.24) is 0 Å². The van der Waals surface area contributed by atoms with Crippen LogP contribution in [0.25, 0.3) is 0 Å². The molecule has 3 aliphatic carbocycles. The van der Waals surface area contributed by atoms with Crippen LogP contribution in [-0.2, 0) is 9.53 Å². The summed E-state index contributed by atoms with van der Waals surface area (Å²) in [5.74, 6) is 1.69. The van der Waals surface area contributed by atoms with E-state index >= 15 is 0 Å². The van der Waals surface area contributed by atoms with Crippen LogP contribution in [0.4, 0.5) is 0 Å². The van der Waals surface area contributed by atoms with E-state index in [1.807, 2.05) is 30.3 Å². The molecule has 0 aliphatic heterocycles. The van der Waals surface area contributed by atoms with Crippen LogP contribution in [0.1, 0.15) is 50.5 Å². The smallest absolute Gasteiger partial charge is 0.316 e. The number of esters is 1. The minimum absolute atomic E-state index is 0.0420. The van der Waals surface area contributed by atoms with Crippen LogP contribution in [0.15, 0.2) is 30.3 Å². The molecule has 23 heavy (non-hydrogen) atoms. The summed E-state index contributed by atoms with van der Waals surface area (Å²) in [5.41, 5.74) is 1.44. The third-order valence-corrected chi connectivity index (χ3v) is 6.65. The van der Waals surface area contributed by atoms with Crippen LogP contribution in [-0.4, -0.2) is 23.8 Å². The second-order valence-electron chi connectivity index (χ2n) is 8.13. The predicted molar refractivity (Wildman–Crippen MR) is 87.8 cm³/mol. The van der Waals surface area contributed by atoms with Crippen molar-refractivity contribution in [1.29, 1.82) is 0 Å². The van der Waals surface area contributed by atoms with Gasteiger partial charge in [0.1, 0.15) is 12.0 Å². The molecule has 0 aromatic heterocycles. The molecule has 0 amide bonds. The lowest BCUT2D eigenvalue weighted by atomic mass is 9.39. The zero-order chi connectivity index (χ0) is 16.0. The van der Waals surface area contributed by atoms with E-state index in [9.17, 15) is 9.90 Å². The number of aliphatic hydroxyl groups excluding tert-OH is 1. The van der Waals surface area contributed by atoms with E-state index < -0.39 is 5.92 Å². The molecule has 0 radical (unpaired) electrons. The Morgan fingerprint density at radius 1 is 1.26 bits per heavy atom. The first kappa shape index (κ1) is 15.2. The molecule has 3 saturated carbocycles. The van der Waals surface area contributed by atoms with Gasteiger partial charge in [0.15, 0.2) is 0 Å². The summed E-state index contributed by atoms with van der Waals surface area (Å²) >= 11 is 0. The molecule has 4 rings (SSSR count). The molecular weight excluding hydrogens is 288 g/mol. The lowest BCUT2D eigenvalue weighted by Crippen LogP contribution is -2.58. The van der Waals surface area contributed by atoms with Gasteiger partial charge in [0.05, 0.1) is 6.61 Å². The van der Waals surface area contributed by atoms with Crippen molar-refractivity contribution in [2.75, 3.05) is 6.61 Å². The van der Waals surface area contributed by atoms with Crippen LogP contribution in [0.5, 0.6) is 0 Å². The molecule has 0 bridgehead atoms. The number of aliphatic hydroxyl groups is 1. The van der Waals surface area contributed by atoms with E-state index in [2.05, 4.69) is 6.92 Å². The third-order valence-electron chi connectivity index (χ3n) is 6.65. The first-order valence-corrected chi connectivity index (χ1v) is 8.97. The summed E-state index contributed by atoms with van der Waals surface area (Å²) in [4.78, 5) is 12.5. The molecule has 3 nitrogen and oxygen atoms in total. The van der Waals surface area contributed by atoms with Crippen LogP contribution in [0, 0.1) is 23.2 Å². The molecular formula is C20H26O3. The molecule has 1 aromatic rings. The number of hydrogen-bond donors (Lipinski definition) is 1. The topological polar surface area (TPSA) is 46.5 Å². The fraction of sp³-hybridized carbons (Fsp3) is 0.650. The first-order chi connectivity index (χ1) is 11.1. The minimum atomic E-state index is -0.553. The molecule has 0 spiro atoms. The zero-order valence-electron chi connectivity index (χ0n) is 13.8. The Balaban J connectivity index is 1.40. The van der Waals surface area contributed by atoms with Crippen molar-refractivity contribution in [3.8, 4) is 0 Å². The molecule has 0 heterocycles. The monoisotopic (exact) mass is 314 g/mol. The molecule has 0 saturated heterocycles. The Kier molecular flexibility index (Phi) is 3.72. The third kappa shape index (κ3) is 2.50. The van der Waals surface area contributed by atoms with E-state index in [0.29, 0.717) is 5.41 Å². The Morgan fingerprint density at radius 3 is 2.70 bits per heavy atom. The van der Waals surface area contributed by atoms with Crippen molar-refractivity contribution in [3.63, 3.8) is 0 Å². The highest BCUT2D eigenvalue weighted by atomic mass is 16.5. The summed E-state index contributed by atoms with van der Waals surface area (Å²) in [6.07, 6.45) is 5.94.